The van der Waals surface area contributed by atoms with Crippen LogP contribution in [0.3, 0.4) is 0 Å². The molecule has 0 heterocycles. The standard InChI is InChI=1S/C9H19NO2S/c1-3-4-8(7-12-2)10-9(11)5-6-13/h8,13H,3-7H2,1-2H3,(H,10,11). The van der Waals surface area contributed by atoms with E-state index in [-0.39, 0.29) is 11.9 Å². The number of hydrogen-bond acceptors (Lipinski definition) is 3. The summed E-state index contributed by atoms with van der Waals surface area (Å²) in [5.41, 5.74) is 0. The minimum atomic E-state index is 0.0606. The molecule has 4 heteroatoms. The molecule has 1 unspecified atom stereocenters. The van der Waals surface area contributed by atoms with Crippen molar-refractivity contribution in [3.63, 3.8) is 0 Å². The second-order valence-corrected chi connectivity index (χ2v) is 3.43. The lowest BCUT2D eigenvalue weighted by Crippen LogP contribution is -2.37. The third-order valence-corrected chi connectivity index (χ3v) is 1.93. The molecule has 0 fully saturated rings. The summed E-state index contributed by atoms with van der Waals surface area (Å²) in [5, 5.41) is 2.91. The first kappa shape index (κ1) is 12.8. The summed E-state index contributed by atoms with van der Waals surface area (Å²) in [6, 6.07) is 0.155. The van der Waals surface area contributed by atoms with Gasteiger partial charge in [-0.15, -0.1) is 0 Å². The molecule has 0 aliphatic heterocycles. The van der Waals surface area contributed by atoms with Gasteiger partial charge in [-0.25, -0.2) is 0 Å². The van der Waals surface area contributed by atoms with E-state index in [1.807, 2.05) is 0 Å². The highest BCUT2D eigenvalue weighted by atomic mass is 32.1. The van der Waals surface area contributed by atoms with Crippen LogP contribution in [0.25, 0.3) is 0 Å². The van der Waals surface area contributed by atoms with Gasteiger partial charge < -0.3 is 10.1 Å². The fourth-order valence-electron chi connectivity index (χ4n) is 1.15. The van der Waals surface area contributed by atoms with Gasteiger partial charge in [0.25, 0.3) is 0 Å². The predicted molar refractivity (Wildman–Crippen MR) is 57.2 cm³/mol. The van der Waals surface area contributed by atoms with Crippen molar-refractivity contribution in [1.29, 1.82) is 0 Å². The molecule has 3 nitrogen and oxygen atoms in total. The van der Waals surface area contributed by atoms with Gasteiger partial charge >= 0.3 is 0 Å². The number of amides is 1. The fraction of sp³-hybridized carbons (Fsp3) is 0.889. The number of methoxy groups -OCH3 is 1. The normalized spacial score (nSPS) is 12.5. The van der Waals surface area contributed by atoms with Gasteiger partial charge in [0.1, 0.15) is 0 Å². The molecule has 0 spiro atoms. The summed E-state index contributed by atoms with van der Waals surface area (Å²) in [7, 11) is 1.65. The van der Waals surface area contributed by atoms with E-state index in [1.165, 1.54) is 0 Å². The maximum atomic E-state index is 11.2. The second kappa shape index (κ2) is 8.38. The average molecular weight is 205 g/mol. The first-order valence-corrected chi connectivity index (χ1v) is 5.27. The number of rotatable bonds is 7. The molecule has 0 saturated carbocycles. The molecule has 0 aromatic rings. The van der Waals surface area contributed by atoms with Crippen molar-refractivity contribution in [2.24, 2.45) is 0 Å². The van der Waals surface area contributed by atoms with E-state index in [4.69, 9.17) is 4.74 Å². The topological polar surface area (TPSA) is 38.3 Å². The lowest BCUT2D eigenvalue weighted by atomic mass is 10.2. The van der Waals surface area contributed by atoms with Crippen LogP contribution in [-0.4, -0.2) is 31.4 Å². The molecule has 78 valence electrons. The van der Waals surface area contributed by atoms with Crippen molar-refractivity contribution in [3.05, 3.63) is 0 Å². The minimum Gasteiger partial charge on any atom is -0.383 e. The summed E-state index contributed by atoms with van der Waals surface area (Å²) in [6.07, 6.45) is 2.49. The van der Waals surface area contributed by atoms with Crippen LogP contribution in [0.1, 0.15) is 26.2 Å². The highest BCUT2D eigenvalue weighted by Crippen LogP contribution is 1.98. The van der Waals surface area contributed by atoms with Crippen molar-refractivity contribution >= 4 is 18.5 Å². The summed E-state index contributed by atoms with van der Waals surface area (Å²) in [4.78, 5) is 11.2. The maximum Gasteiger partial charge on any atom is 0.221 e. The highest BCUT2D eigenvalue weighted by molar-refractivity contribution is 7.80. The Labute approximate surface area is 85.6 Å². The smallest absolute Gasteiger partial charge is 0.221 e. The molecular formula is C9H19NO2S. The number of carbonyl (C=O) groups is 1. The van der Waals surface area contributed by atoms with Crippen LogP contribution in [0.2, 0.25) is 0 Å². The van der Waals surface area contributed by atoms with E-state index < -0.39 is 0 Å². The number of ether oxygens (including phenoxy) is 1. The van der Waals surface area contributed by atoms with E-state index in [0.717, 1.165) is 12.8 Å². The molecule has 0 aromatic heterocycles. The summed E-state index contributed by atoms with van der Waals surface area (Å²) in [5.74, 6) is 0.656. The molecule has 0 aliphatic carbocycles. The van der Waals surface area contributed by atoms with Crippen LogP contribution in [0.4, 0.5) is 0 Å². The van der Waals surface area contributed by atoms with Crippen LogP contribution in [-0.2, 0) is 9.53 Å². The summed E-state index contributed by atoms with van der Waals surface area (Å²) in [6.45, 7) is 2.68. The monoisotopic (exact) mass is 205 g/mol. The van der Waals surface area contributed by atoms with Crippen molar-refractivity contribution in [2.75, 3.05) is 19.5 Å². The molecule has 0 bridgehead atoms. The Hall–Kier alpha value is -0.220. The van der Waals surface area contributed by atoms with Gasteiger partial charge in [-0.2, -0.15) is 12.6 Å². The lowest BCUT2D eigenvalue weighted by molar-refractivity contribution is -0.121. The van der Waals surface area contributed by atoms with Crippen molar-refractivity contribution < 1.29 is 9.53 Å². The second-order valence-electron chi connectivity index (χ2n) is 2.98. The number of thiol groups is 1. The molecule has 0 radical (unpaired) electrons. The largest absolute Gasteiger partial charge is 0.383 e. The molecule has 13 heavy (non-hydrogen) atoms. The molecule has 1 atom stereocenters. The number of hydrogen-bond donors (Lipinski definition) is 2. The molecule has 0 aliphatic rings. The van der Waals surface area contributed by atoms with Gasteiger partial charge in [-0.05, 0) is 12.2 Å². The van der Waals surface area contributed by atoms with Crippen LogP contribution >= 0.6 is 12.6 Å². The summed E-state index contributed by atoms with van der Waals surface area (Å²) < 4.78 is 5.00. The highest BCUT2D eigenvalue weighted by Gasteiger charge is 2.09. The van der Waals surface area contributed by atoms with Crippen molar-refractivity contribution in [3.8, 4) is 0 Å². The summed E-state index contributed by atoms with van der Waals surface area (Å²) >= 11 is 3.99. The van der Waals surface area contributed by atoms with E-state index in [1.54, 1.807) is 7.11 Å². The van der Waals surface area contributed by atoms with E-state index >= 15 is 0 Å². The zero-order valence-electron chi connectivity index (χ0n) is 8.38. The molecule has 0 rings (SSSR count). The Morgan fingerprint density at radius 2 is 2.31 bits per heavy atom. The molecule has 1 N–H and O–H groups in total. The Morgan fingerprint density at radius 1 is 1.62 bits per heavy atom. The number of nitrogens with one attached hydrogen (secondary N) is 1. The molecule has 0 aromatic carbocycles. The van der Waals surface area contributed by atoms with Crippen LogP contribution in [0.15, 0.2) is 0 Å². The Bertz CT molecular complexity index is 136. The van der Waals surface area contributed by atoms with Gasteiger partial charge in [-0.1, -0.05) is 13.3 Å². The van der Waals surface area contributed by atoms with Gasteiger partial charge in [0.15, 0.2) is 0 Å². The SMILES string of the molecule is CCCC(COC)NC(=O)CCS. The van der Waals surface area contributed by atoms with E-state index in [9.17, 15) is 4.79 Å². The zero-order valence-corrected chi connectivity index (χ0v) is 9.27. The van der Waals surface area contributed by atoms with Gasteiger partial charge in [0.05, 0.1) is 12.6 Å². The van der Waals surface area contributed by atoms with Crippen molar-refractivity contribution in [1.82, 2.24) is 5.32 Å². The first-order valence-electron chi connectivity index (χ1n) is 4.63. The van der Waals surface area contributed by atoms with Gasteiger partial charge in [0.2, 0.25) is 5.91 Å². The molecule has 1 amide bonds. The van der Waals surface area contributed by atoms with Gasteiger partial charge in [-0.3, -0.25) is 4.79 Å². The molecular weight excluding hydrogens is 186 g/mol. The quantitative estimate of drug-likeness (QED) is 0.614. The Kier molecular flexibility index (Phi) is 8.24. The van der Waals surface area contributed by atoms with Crippen molar-refractivity contribution in [2.45, 2.75) is 32.2 Å². The average Bonchev–Trinajstić information content (AvgIpc) is 2.05. The Balaban J connectivity index is 3.71. The number of carbonyl (C=O) groups excluding carboxylic acids is 1. The Morgan fingerprint density at radius 3 is 2.77 bits per heavy atom. The van der Waals surface area contributed by atoms with E-state index in [2.05, 4.69) is 24.9 Å². The first-order chi connectivity index (χ1) is 6.24. The fourth-order valence-corrected chi connectivity index (χ4v) is 1.35. The maximum absolute atomic E-state index is 11.2. The van der Waals surface area contributed by atoms with E-state index in [0.29, 0.717) is 18.8 Å². The zero-order chi connectivity index (χ0) is 10.1. The lowest BCUT2D eigenvalue weighted by Gasteiger charge is -2.16. The van der Waals surface area contributed by atoms with Crippen LogP contribution in [0, 0.1) is 0 Å². The third kappa shape index (κ3) is 6.90. The van der Waals surface area contributed by atoms with Gasteiger partial charge in [0, 0.05) is 13.5 Å². The predicted octanol–water partition coefficient (Wildman–Crippen LogP) is 1.24. The van der Waals surface area contributed by atoms with Crippen LogP contribution < -0.4 is 5.32 Å². The third-order valence-electron chi connectivity index (χ3n) is 1.71. The minimum absolute atomic E-state index is 0.0606. The molecule has 0 saturated heterocycles. The van der Waals surface area contributed by atoms with Crippen LogP contribution in [0.5, 0.6) is 0 Å².